The molecular weight excluding hydrogens is 300 g/mol. The predicted molar refractivity (Wildman–Crippen MR) is 109 cm³/mol. The van der Waals surface area contributed by atoms with E-state index >= 15 is 0 Å². The molecule has 4 aromatic carbocycles. The van der Waals surface area contributed by atoms with Gasteiger partial charge in [0.2, 0.25) is 0 Å². The Morgan fingerprint density at radius 3 is 0.760 bits per heavy atom. The second-order valence-corrected chi connectivity index (χ2v) is 5.90. The van der Waals surface area contributed by atoms with Crippen LogP contribution in [-0.2, 0) is 0 Å². The van der Waals surface area contributed by atoms with Crippen molar-refractivity contribution in [2.75, 3.05) is 0 Å². The smallest absolute Gasteiger partial charge is 0.0172 e. The van der Waals surface area contributed by atoms with E-state index in [2.05, 4.69) is 109 Å². The van der Waals surface area contributed by atoms with Gasteiger partial charge in [-0.05, 0) is 51.6 Å². The fourth-order valence-corrected chi connectivity index (χ4v) is 3.02. The molecule has 0 saturated carbocycles. The quantitative estimate of drug-likeness (QED) is 0.370. The van der Waals surface area contributed by atoms with Crippen LogP contribution in [-0.4, -0.2) is 0 Å². The van der Waals surface area contributed by atoms with Gasteiger partial charge in [-0.3, -0.25) is 0 Å². The van der Waals surface area contributed by atoms with Crippen molar-refractivity contribution >= 4 is 0 Å². The minimum atomic E-state index is 0. The van der Waals surface area contributed by atoms with E-state index in [0.29, 0.717) is 0 Å². The Bertz CT molecular complexity index is 784. The molecule has 0 bridgehead atoms. The Labute approximate surface area is 150 Å². The van der Waals surface area contributed by atoms with Gasteiger partial charge in [0.15, 0.2) is 0 Å². The van der Waals surface area contributed by atoms with Crippen LogP contribution in [0.3, 0.4) is 0 Å². The molecule has 4 aromatic rings. The average Bonchev–Trinajstić information content (AvgIpc) is 2.70. The van der Waals surface area contributed by atoms with Gasteiger partial charge in [0.05, 0.1) is 0 Å². The number of hydrogen-bond acceptors (Lipinski definition) is 0. The second kappa shape index (κ2) is 7.63. The summed E-state index contributed by atoms with van der Waals surface area (Å²) in [6.07, 6.45) is 0. The molecule has 0 aliphatic heterocycles. The Morgan fingerprint density at radius 1 is 0.280 bits per heavy atom. The van der Waals surface area contributed by atoms with E-state index in [-0.39, 0.29) is 7.43 Å². The molecule has 0 amide bonds. The van der Waals surface area contributed by atoms with Gasteiger partial charge in [-0.1, -0.05) is 98.4 Å². The van der Waals surface area contributed by atoms with E-state index in [4.69, 9.17) is 0 Å². The third kappa shape index (κ3) is 3.70. The maximum Gasteiger partial charge on any atom is -0.0172 e. The maximum absolute atomic E-state index is 2.27. The minimum Gasteiger partial charge on any atom is -0.0776 e. The summed E-state index contributed by atoms with van der Waals surface area (Å²) in [4.78, 5) is 0. The molecule has 0 unspecified atom stereocenters. The van der Waals surface area contributed by atoms with Gasteiger partial charge in [0, 0.05) is 0 Å². The number of rotatable bonds is 3. The monoisotopic (exact) mass is 322 g/mol. The summed E-state index contributed by atoms with van der Waals surface area (Å²) in [5.74, 6) is 0. The topological polar surface area (TPSA) is 0 Å². The largest absolute Gasteiger partial charge is 0.0776 e. The molecule has 122 valence electrons. The van der Waals surface area contributed by atoms with Crippen molar-refractivity contribution in [1.29, 1.82) is 0 Å². The van der Waals surface area contributed by atoms with Crippen LogP contribution in [0, 0.1) is 0 Å². The third-order valence-corrected chi connectivity index (χ3v) is 4.25. The third-order valence-electron chi connectivity index (χ3n) is 4.25. The van der Waals surface area contributed by atoms with Gasteiger partial charge in [-0.2, -0.15) is 0 Å². The molecule has 0 fully saturated rings. The van der Waals surface area contributed by atoms with Crippen molar-refractivity contribution < 1.29 is 0 Å². The van der Waals surface area contributed by atoms with Crippen LogP contribution >= 0.6 is 0 Å². The molecule has 4 rings (SSSR count). The lowest BCUT2D eigenvalue weighted by molar-refractivity contribution is 1.56. The van der Waals surface area contributed by atoms with Crippen LogP contribution in [0.2, 0.25) is 0 Å². The zero-order valence-corrected chi connectivity index (χ0v) is 13.4. The van der Waals surface area contributed by atoms with Crippen molar-refractivity contribution in [3.63, 3.8) is 0 Å². The predicted octanol–water partition coefficient (Wildman–Crippen LogP) is 7.32. The molecule has 0 atom stereocenters. The van der Waals surface area contributed by atoms with Crippen LogP contribution in [0.5, 0.6) is 0 Å². The summed E-state index contributed by atoms with van der Waals surface area (Å²) in [6.45, 7) is 0. The first-order valence-electron chi connectivity index (χ1n) is 8.21. The average molecular weight is 322 g/mol. The normalized spacial score (nSPS) is 10.1. The lowest BCUT2D eigenvalue weighted by Crippen LogP contribution is -1.85. The molecular formula is C25H22. The second-order valence-electron chi connectivity index (χ2n) is 5.90. The highest BCUT2D eigenvalue weighted by atomic mass is 14.1. The molecule has 0 N–H and O–H groups in total. The van der Waals surface area contributed by atoms with E-state index in [1.165, 1.54) is 33.4 Å². The number of benzene rings is 4. The summed E-state index contributed by atoms with van der Waals surface area (Å²) in [5.41, 5.74) is 7.47. The van der Waals surface area contributed by atoms with Crippen molar-refractivity contribution in [3.05, 3.63) is 109 Å². The van der Waals surface area contributed by atoms with E-state index < -0.39 is 0 Å². The maximum atomic E-state index is 2.27. The SMILES string of the molecule is C.c1ccc(-c2cc(-c3ccccc3)cc(-c3ccccc3)c2)cc1. The van der Waals surface area contributed by atoms with E-state index in [0.717, 1.165) is 0 Å². The lowest BCUT2D eigenvalue weighted by atomic mass is 9.93. The molecule has 0 aliphatic rings. The first-order valence-corrected chi connectivity index (χ1v) is 8.21. The lowest BCUT2D eigenvalue weighted by Gasteiger charge is -2.11. The van der Waals surface area contributed by atoms with Crippen LogP contribution in [0.15, 0.2) is 109 Å². The summed E-state index contributed by atoms with van der Waals surface area (Å²) in [5, 5.41) is 0. The first kappa shape index (κ1) is 16.7. The van der Waals surface area contributed by atoms with Crippen molar-refractivity contribution in [1.82, 2.24) is 0 Å². The first-order chi connectivity index (χ1) is 11.9. The van der Waals surface area contributed by atoms with E-state index in [1.54, 1.807) is 0 Å². The Morgan fingerprint density at radius 2 is 0.520 bits per heavy atom. The molecule has 0 saturated heterocycles. The molecule has 0 nitrogen and oxygen atoms in total. The van der Waals surface area contributed by atoms with Crippen molar-refractivity contribution in [3.8, 4) is 33.4 Å². The van der Waals surface area contributed by atoms with Gasteiger partial charge in [0.1, 0.15) is 0 Å². The highest BCUT2D eigenvalue weighted by molar-refractivity contribution is 5.81. The fraction of sp³-hybridized carbons (Fsp3) is 0.0400. The molecule has 0 aliphatic carbocycles. The molecule has 0 aromatic heterocycles. The van der Waals surface area contributed by atoms with Gasteiger partial charge in [-0.15, -0.1) is 0 Å². The summed E-state index contributed by atoms with van der Waals surface area (Å²) >= 11 is 0. The fourth-order valence-electron chi connectivity index (χ4n) is 3.02. The van der Waals surface area contributed by atoms with Crippen LogP contribution in [0.4, 0.5) is 0 Å². The summed E-state index contributed by atoms with van der Waals surface area (Å²) in [7, 11) is 0. The summed E-state index contributed by atoms with van der Waals surface area (Å²) in [6, 6.07) is 38.5. The van der Waals surface area contributed by atoms with Crippen LogP contribution in [0.25, 0.3) is 33.4 Å². The summed E-state index contributed by atoms with van der Waals surface area (Å²) < 4.78 is 0. The van der Waals surface area contributed by atoms with Crippen LogP contribution in [0.1, 0.15) is 7.43 Å². The number of hydrogen-bond donors (Lipinski definition) is 0. The molecule has 0 spiro atoms. The van der Waals surface area contributed by atoms with Crippen molar-refractivity contribution in [2.45, 2.75) is 7.43 Å². The van der Waals surface area contributed by atoms with Gasteiger partial charge >= 0.3 is 0 Å². The molecule has 0 heteroatoms. The van der Waals surface area contributed by atoms with E-state index in [9.17, 15) is 0 Å². The highest BCUT2D eigenvalue weighted by Crippen LogP contribution is 2.32. The Kier molecular flexibility index (Phi) is 5.11. The minimum absolute atomic E-state index is 0. The molecule has 25 heavy (non-hydrogen) atoms. The Balaban J connectivity index is 0.00000182. The van der Waals surface area contributed by atoms with Gasteiger partial charge in [0.25, 0.3) is 0 Å². The highest BCUT2D eigenvalue weighted by Gasteiger charge is 2.06. The standard InChI is InChI=1S/C24H18.CH4/c1-4-10-19(11-5-1)22-16-23(20-12-6-2-7-13-20)18-24(17-22)21-14-8-3-9-15-21;/h1-18H;1H4. The van der Waals surface area contributed by atoms with Crippen LogP contribution < -0.4 is 0 Å². The zero-order chi connectivity index (χ0) is 16.2. The van der Waals surface area contributed by atoms with Gasteiger partial charge in [-0.25, -0.2) is 0 Å². The molecule has 0 heterocycles. The van der Waals surface area contributed by atoms with Gasteiger partial charge < -0.3 is 0 Å². The molecule has 0 radical (unpaired) electrons. The van der Waals surface area contributed by atoms with Crippen molar-refractivity contribution in [2.24, 2.45) is 0 Å². The van der Waals surface area contributed by atoms with E-state index in [1.807, 2.05) is 0 Å². The Hall–Kier alpha value is -3.12. The zero-order valence-electron chi connectivity index (χ0n) is 13.4.